The van der Waals surface area contributed by atoms with Crippen LogP contribution >= 0.6 is 0 Å². The number of fused-ring (bicyclic) bond motifs is 2. The van der Waals surface area contributed by atoms with Crippen molar-refractivity contribution in [1.29, 1.82) is 0 Å². The minimum atomic E-state index is -0.525. The Balaban J connectivity index is 1.29. The van der Waals surface area contributed by atoms with Gasteiger partial charge in [0.25, 0.3) is 0 Å². The lowest BCUT2D eigenvalue weighted by Gasteiger charge is -2.27. The molecule has 2 atom stereocenters. The number of nitrogens with zero attached hydrogens (tertiary/aromatic N) is 1. The van der Waals surface area contributed by atoms with Gasteiger partial charge in [0.15, 0.2) is 11.5 Å². The van der Waals surface area contributed by atoms with Crippen LogP contribution in [0.2, 0.25) is 0 Å². The summed E-state index contributed by atoms with van der Waals surface area (Å²) in [4.78, 5) is 2.27. The molecule has 0 fully saturated rings. The molecule has 0 aromatic heterocycles. The van der Waals surface area contributed by atoms with Crippen LogP contribution in [0.1, 0.15) is 18.1 Å². The smallest absolute Gasteiger partial charge is 0.231 e. The van der Waals surface area contributed by atoms with Crippen LogP contribution in [0.3, 0.4) is 0 Å². The molecule has 2 aliphatic rings. The number of rotatable bonds is 6. The van der Waals surface area contributed by atoms with E-state index in [1.165, 1.54) is 11.3 Å². The van der Waals surface area contributed by atoms with E-state index in [0.717, 1.165) is 23.5 Å². The Morgan fingerprint density at radius 1 is 1.20 bits per heavy atom. The molecule has 2 aliphatic heterocycles. The molecule has 0 saturated carbocycles. The molecule has 0 radical (unpaired) electrons. The van der Waals surface area contributed by atoms with Crippen molar-refractivity contribution in [3.8, 4) is 11.5 Å². The van der Waals surface area contributed by atoms with Crippen molar-refractivity contribution in [1.82, 2.24) is 0 Å². The highest BCUT2D eigenvalue weighted by Gasteiger charge is 2.27. The van der Waals surface area contributed by atoms with E-state index in [-0.39, 0.29) is 6.79 Å². The second-order valence-corrected chi connectivity index (χ2v) is 6.69. The first-order valence-electron chi connectivity index (χ1n) is 8.69. The second-order valence-electron chi connectivity index (χ2n) is 6.69. The number of para-hydroxylation sites is 1. The predicted molar refractivity (Wildman–Crippen MR) is 95.2 cm³/mol. The van der Waals surface area contributed by atoms with Crippen LogP contribution in [0.5, 0.6) is 11.5 Å². The van der Waals surface area contributed by atoms with Gasteiger partial charge in [-0.15, -0.1) is 0 Å². The summed E-state index contributed by atoms with van der Waals surface area (Å²) in [5.74, 6) is 1.52. The van der Waals surface area contributed by atoms with Gasteiger partial charge < -0.3 is 24.2 Å². The van der Waals surface area contributed by atoms with Crippen LogP contribution < -0.4 is 14.4 Å². The molecule has 0 unspecified atom stereocenters. The maximum absolute atomic E-state index is 10.4. The predicted octanol–water partition coefficient (Wildman–Crippen LogP) is 2.74. The minimum Gasteiger partial charge on any atom is -0.454 e. The molecule has 25 heavy (non-hydrogen) atoms. The Morgan fingerprint density at radius 3 is 2.96 bits per heavy atom. The first kappa shape index (κ1) is 16.2. The highest BCUT2D eigenvalue weighted by molar-refractivity contribution is 5.59. The van der Waals surface area contributed by atoms with Gasteiger partial charge in [-0.1, -0.05) is 24.3 Å². The van der Waals surface area contributed by atoms with Gasteiger partial charge in [0.2, 0.25) is 6.79 Å². The van der Waals surface area contributed by atoms with E-state index >= 15 is 0 Å². The molecule has 2 aromatic carbocycles. The molecule has 2 aromatic rings. The van der Waals surface area contributed by atoms with Gasteiger partial charge in [0.05, 0.1) is 19.3 Å². The summed E-state index contributed by atoms with van der Waals surface area (Å²) in [6.45, 7) is 3.80. The molecule has 5 nitrogen and oxygen atoms in total. The number of ether oxygens (including phenoxy) is 3. The summed E-state index contributed by atoms with van der Waals surface area (Å²) < 4.78 is 16.4. The van der Waals surface area contributed by atoms with Gasteiger partial charge >= 0.3 is 0 Å². The van der Waals surface area contributed by atoms with Crippen molar-refractivity contribution < 1.29 is 19.3 Å². The quantitative estimate of drug-likeness (QED) is 0.876. The fourth-order valence-electron chi connectivity index (χ4n) is 3.53. The molecule has 132 valence electrons. The largest absolute Gasteiger partial charge is 0.454 e. The van der Waals surface area contributed by atoms with E-state index in [1.807, 2.05) is 24.3 Å². The standard InChI is InChI=1S/C20H23NO4/c1-14-8-16-4-2-3-5-18(16)21(14)10-17(22)12-23-11-15-6-7-19-20(9-15)25-13-24-19/h2-7,9,14,17,22H,8,10-13H2,1H3/t14-,17+/m0/s1. The fourth-order valence-corrected chi connectivity index (χ4v) is 3.53. The normalized spacial score (nSPS) is 19.1. The van der Waals surface area contributed by atoms with Gasteiger partial charge in [0, 0.05) is 18.3 Å². The van der Waals surface area contributed by atoms with Gasteiger partial charge in [0.1, 0.15) is 0 Å². The average molecular weight is 341 g/mol. The molecule has 0 amide bonds. The first-order chi connectivity index (χ1) is 12.2. The van der Waals surface area contributed by atoms with Gasteiger partial charge in [-0.3, -0.25) is 0 Å². The third-order valence-electron chi connectivity index (χ3n) is 4.77. The molecule has 0 aliphatic carbocycles. The highest BCUT2D eigenvalue weighted by atomic mass is 16.7. The number of aliphatic hydroxyl groups excluding tert-OH is 1. The molecule has 0 bridgehead atoms. The third-order valence-corrected chi connectivity index (χ3v) is 4.77. The number of anilines is 1. The zero-order chi connectivity index (χ0) is 17.2. The summed E-state index contributed by atoms with van der Waals surface area (Å²) >= 11 is 0. The molecular formula is C20H23NO4. The number of β-amino-alcohol motifs (C(OH)–C–C–N with tert-alkyl or cyclic N) is 1. The summed E-state index contributed by atoms with van der Waals surface area (Å²) in [5.41, 5.74) is 3.59. The van der Waals surface area contributed by atoms with E-state index in [9.17, 15) is 5.11 Å². The van der Waals surface area contributed by atoms with E-state index < -0.39 is 6.10 Å². The van der Waals surface area contributed by atoms with Gasteiger partial charge in [-0.2, -0.15) is 0 Å². The lowest BCUT2D eigenvalue weighted by molar-refractivity contribution is 0.0315. The topological polar surface area (TPSA) is 51.2 Å². The van der Waals surface area contributed by atoms with E-state index in [2.05, 4.69) is 30.0 Å². The maximum atomic E-state index is 10.4. The zero-order valence-electron chi connectivity index (χ0n) is 14.4. The Kier molecular flexibility index (Phi) is 4.51. The Hall–Kier alpha value is -2.24. The summed E-state index contributed by atoms with van der Waals surface area (Å²) in [6.07, 6.45) is 0.503. The summed E-state index contributed by atoms with van der Waals surface area (Å²) in [5, 5.41) is 10.4. The second kappa shape index (κ2) is 6.94. The number of hydrogen-bond acceptors (Lipinski definition) is 5. The zero-order valence-corrected chi connectivity index (χ0v) is 14.4. The SMILES string of the molecule is C[C@H]1Cc2ccccc2N1C[C@@H](O)COCc1ccc2c(c1)OCO2. The first-order valence-corrected chi connectivity index (χ1v) is 8.69. The Bertz CT molecular complexity index is 748. The van der Waals surface area contributed by atoms with Crippen molar-refractivity contribution in [2.45, 2.75) is 32.1 Å². The van der Waals surface area contributed by atoms with Crippen molar-refractivity contribution >= 4 is 5.69 Å². The van der Waals surface area contributed by atoms with Crippen LogP contribution in [0.15, 0.2) is 42.5 Å². The minimum absolute atomic E-state index is 0.272. The molecule has 5 heteroatoms. The molecule has 2 heterocycles. The molecular weight excluding hydrogens is 318 g/mol. The van der Waals surface area contributed by atoms with Crippen molar-refractivity contribution in [3.05, 3.63) is 53.6 Å². The third kappa shape index (κ3) is 3.43. The fraction of sp³-hybridized carbons (Fsp3) is 0.400. The van der Waals surface area contributed by atoms with Crippen molar-refractivity contribution in [2.75, 3.05) is 24.8 Å². The summed E-state index contributed by atoms with van der Waals surface area (Å²) in [7, 11) is 0. The van der Waals surface area contributed by atoms with Crippen LogP contribution in [-0.4, -0.2) is 37.2 Å². The number of hydrogen-bond donors (Lipinski definition) is 1. The van der Waals surface area contributed by atoms with Crippen molar-refractivity contribution in [2.24, 2.45) is 0 Å². The molecule has 1 N–H and O–H groups in total. The van der Waals surface area contributed by atoms with E-state index in [1.54, 1.807) is 0 Å². The molecule has 0 spiro atoms. The number of aliphatic hydroxyl groups is 1. The van der Waals surface area contributed by atoms with Gasteiger partial charge in [-0.25, -0.2) is 0 Å². The van der Waals surface area contributed by atoms with Crippen molar-refractivity contribution in [3.63, 3.8) is 0 Å². The van der Waals surface area contributed by atoms with E-state index in [0.29, 0.717) is 25.8 Å². The van der Waals surface area contributed by atoms with Crippen LogP contribution in [-0.2, 0) is 17.8 Å². The lowest BCUT2D eigenvalue weighted by atomic mass is 10.1. The van der Waals surface area contributed by atoms with Crippen LogP contribution in [0.25, 0.3) is 0 Å². The summed E-state index contributed by atoms with van der Waals surface area (Å²) in [6, 6.07) is 14.6. The number of benzene rings is 2. The Labute approximate surface area is 147 Å². The molecule has 4 rings (SSSR count). The lowest BCUT2D eigenvalue weighted by Crippen LogP contribution is -2.38. The maximum Gasteiger partial charge on any atom is 0.231 e. The highest BCUT2D eigenvalue weighted by Crippen LogP contribution is 2.33. The van der Waals surface area contributed by atoms with Crippen LogP contribution in [0.4, 0.5) is 5.69 Å². The Morgan fingerprint density at radius 2 is 2.04 bits per heavy atom. The monoisotopic (exact) mass is 341 g/mol. The average Bonchev–Trinajstić information content (AvgIpc) is 3.19. The van der Waals surface area contributed by atoms with E-state index in [4.69, 9.17) is 14.2 Å². The van der Waals surface area contributed by atoms with Crippen LogP contribution in [0, 0.1) is 0 Å². The van der Waals surface area contributed by atoms with Gasteiger partial charge in [-0.05, 0) is 42.7 Å². The molecule has 0 saturated heterocycles.